The van der Waals surface area contributed by atoms with E-state index in [-0.39, 0.29) is 0 Å². The molecule has 0 aliphatic carbocycles. The molecule has 0 aromatic heterocycles. The fourth-order valence-corrected chi connectivity index (χ4v) is 0.373. The van der Waals surface area contributed by atoms with Gasteiger partial charge in [0.15, 0.2) is 0 Å². The molecule has 0 fully saturated rings. The molecule has 7 nitrogen and oxygen atoms in total. The zero-order valence-electron chi connectivity index (χ0n) is 6.43. The molecule has 0 aliphatic rings. The fraction of sp³-hybridized carbons (Fsp3) is 0.500. The molecule has 0 aromatic rings. The number of hydrogen-bond donors (Lipinski definition) is 2. The number of carbonyl (C=O) groups excluding carboxylic acids is 3. The van der Waals surface area contributed by atoms with E-state index < -0.39 is 37.0 Å². The molecular weight excluding hydrogens is 184 g/mol. The Bertz CT molecular complexity index is 221. The van der Waals surface area contributed by atoms with Crippen molar-refractivity contribution < 1.29 is 34.4 Å². The van der Waals surface area contributed by atoms with Crippen molar-refractivity contribution in [3.05, 3.63) is 0 Å². The Hall–Kier alpha value is -1.47. The second kappa shape index (κ2) is 5.22. The van der Waals surface area contributed by atoms with E-state index in [0.29, 0.717) is 0 Å². The smallest absolute Gasteiger partial charge is 0.433 e. The molecule has 1 radical (unpaired) electrons. The summed E-state index contributed by atoms with van der Waals surface area (Å²) in [5.74, 6) is -5.64. The summed E-state index contributed by atoms with van der Waals surface area (Å²) in [5.41, 5.74) is 0. The first kappa shape index (κ1) is 11.5. The van der Waals surface area contributed by atoms with E-state index in [1.165, 1.54) is 0 Å². The summed E-state index contributed by atoms with van der Waals surface area (Å²) in [5, 5.41) is 26.6. The van der Waals surface area contributed by atoms with Crippen LogP contribution in [-0.2, 0) is 24.2 Å². The highest BCUT2D eigenvalue weighted by atomic mass is 16.5. The molecule has 2 N–H and O–H groups in total. The van der Waals surface area contributed by atoms with Crippen molar-refractivity contribution in [2.75, 3.05) is 13.2 Å². The van der Waals surface area contributed by atoms with Crippen LogP contribution in [0.3, 0.4) is 0 Å². The lowest BCUT2D eigenvalue weighted by atomic mass is 10.4. The minimum Gasteiger partial charge on any atom is -0.457 e. The third kappa shape index (κ3) is 4.19. The molecule has 0 saturated carbocycles. The maximum atomic E-state index is 10.4. The average Bonchev–Trinajstić information content (AvgIpc) is 2.11. The molecule has 1 unspecified atom stereocenters. The number of aliphatic hydroxyl groups is 2. The predicted molar refractivity (Wildman–Crippen MR) is 34.8 cm³/mol. The lowest BCUT2D eigenvalue weighted by Gasteiger charge is -2.05. The van der Waals surface area contributed by atoms with Crippen LogP contribution < -0.4 is 0 Å². The van der Waals surface area contributed by atoms with Gasteiger partial charge in [-0.15, -0.1) is 0 Å². The average molecular weight is 191 g/mol. The standard InChI is InChI=1S/C6H7O7/c7-1-3(8)2-13-6(12)4(9)5(10)11/h3,7-8H,1-2H2. The van der Waals surface area contributed by atoms with Crippen LogP contribution in [0.2, 0.25) is 0 Å². The molecule has 13 heavy (non-hydrogen) atoms. The highest BCUT2D eigenvalue weighted by molar-refractivity contribution is 6.59. The van der Waals surface area contributed by atoms with Gasteiger partial charge in [0.05, 0.1) is 6.61 Å². The Morgan fingerprint density at radius 3 is 2.23 bits per heavy atom. The van der Waals surface area contributed by atoms with Crippen molar-refractivity contribution >= 4 is 17.7 Å². The minimum atomic E-state index is -2.18. The van der Waals surface area contributed by atoms with Crippen LogP contribution in [0.1, 0.15) is 0 Å². The molecule has 0 bridgehead atoms. The quantitative estimate of drug-likeness (QED) is 0.279. The van der Waals surface area contributed by atoms with Gasteiger partial charge in [0.1, 0.15) is 12.7 Å². The Labute approximate surface area is 72.5 Å². The van der Waals surface area contributed by atoms with E-state index in [1.807, 2.05) is 0 Å². The summed E-state index contributed by atoms with van der Waals surface area (Å²) in [4.78, 5) is 30.5. The summed E-state index contributed by atoms with van der Waals surface area (Å²) >= 11 is 0. The van der Waals surface area contributed by atoms with E-state index in [4.69, 9.17) is 10.2 Å². The van der Waals surface area contributed by atoms with Crippen LogP contribution in [0.15, 0.2) is 0 Å². The highest BCUT2D eigenvalue weighted by Crippen LogP contribution is 1.87. The summed E-state index contributed by atoms with van der Waals surface area (Å²) in [6, 6.07) is 0. The van der Waals surface area contributed by atoms with Gasteiger partial charge < -0.3 is 14.9 Å². The maximum Gasteiger partial charge on any atom is 0.433 e. The van der Waals surface area contributed by atoms with Gasteiger partial charge in [-0.2, -0.15) is 0 Å². The molecule has 0 aliphatic heterocycles. The first-order valence-electron chi connectivity index (χ1n) is 3.20. The molecule has 7 heteroatoms. The number of ketones is 1. The lowest BCUT2D eigenvalue weighted by molar-refractivity contribution is -0.165. The van der Waals surface area contributed by atoms with Crippen molar-refractivity contribution in [3.8, 4) is 0 Å². The Kier molecular flexibility index (Phi) is 4.63. The zero-order valence-corrected chi connectivity index (χ0v) is 6.43. The third-order valence-electron chi connectivity index (χ3n) is 0.988. The Balaban J connectivity index is 3.88. The van der Waals surface area contributed by atoms with Crippen molar-refractivity contribution in [3.63, 3.8) is 0 Å². The Morgan fingerprint density at radius 2 is 1.85 bits per heavy atom. The van der Waals surface area contributed by atoms with Crippen molar-refractivity contribution in [1.82, 2.24) is 0 Å². The third-order valence-corrected chi connectivity index (χ3v) is 0.988. The fourth-order valence-electron chi connectivity index (χ4n) is 0.373. The zero-order chi connectivity index (χ0) is 10.4. The SMILES string of the molecule is [O]C(=O)C(=O)C(=O)OCC(O)CO. The number of ether oxygens (including phenoxy) is 1. The second-order valence-corrected chi connectivity index (χ2v) is 2.05. The number of rotatable bonds is 5. The molecular formula is C6H7O7. The first-order valence-corrected chi connectivity index (χ1v) is 3.20. The minimum absolute atomic E-state index is 0.644. The lowest BCUT2D eigenvalue weighted by Crippen LogP contribution is -2.29. The summed E-state index contributed by atoms with van der Waals surface area (Å²) in [6.45, 7) is -1.30. The molecule has 0 spiro atoms. The van der Waals surface area contributed by atoms with Crippen molar-refractivity contribution in [1.29, 1.82) is 0 Å². The number of Topliss-reactive ketones (excluding diaryl/α,β-unsaturated/α-hetero) is 1. The van der Waals surface area contributed by atoms with Gasteiger partial charge in [-0.25, -0.2) is 14.7 Å². The van der Waals surface area contributed by atoms with E-state index in [9.17, 15) is 19.5 Å². The van der Waals surface area contributed by atoms with Crippen molar-refractivity contribution in [2.24, 2.45) is 0 Å². The summed E-state index contributed by atoms with van der Waals surface area (Å²) < 4.78 is 4.00. The second-order valence-electron chi connectivity index (χ2n) is 2.05. The normalized spacial score (nSPS) is 11.8. The monoisotopic (exact) mass is 191 g/mol. The van der Waals surface area contributed by atoms with E-state index in [0.717, 1.165) is 0 Å². The van der Waals surface area contributed by atoms with Crippen LogP contribution in [0.4, 0.5) is 0 Å². The maximum absolute atomic E-state index is 10.4. The highest BCUT2D eigenvalue weighted by Gasteiger charge is 2.25. The van der Waals surface area contributed by atoms with Crippen LogP contribution in [0, 0.1) is 0 Å². The molecule has 1 atom stereocenters. The van der Waals surface area contributed by atoms with Crippen LogP contribution >= 0.6 is 0 Å². The van der Waals surface area contributed by atoms with Gasteiger partial charge in [-0.1, -0.05) is 0 Å². The van der Waals surface area contributed by atoms with Crippen LogP contribution in [-0.4, -0.2) is 47.3 Å². The molecule has 0 aromatic carbocycles. The molecule has 73 valence electrons. The topological polar surface area (TPSA) is 121 Å². The van der Waals surface area contributed by atoms with Gasteiger partial charge in [-0.3, -0.25) is 4.79 Å². The summed E-state index contributed by atoms with van der Waals surface area (Å²) in [6.07, 6.45) is -1.33. The number of esters is 1. The number of hydrogen-bond acceptors (Lipinski definition) is 6. The van der Waals surface area contributed by atoms with Gasteiger partial charge >= 0.3 is 17.7 Å². The molecule has 0 rings (SSSR count). The Morgan fingerprint density at radius 1 is 1.31 bits per heavy atom. The van der Waals surface area contributed by atoms with Crippen molar-refractivity contribution in [2.45, 2.75) is 6.10 Å². The predicted octanol–water partition coefficient (Wildman–Crippen LogP) is -2.59. The first-order chi connectivity index (χ1) is 5.99. The van der Waals surface area contributed by atoms with Gasteiger partial charge in [0.2, 0.25) is 0 Å². The number of aliphatic hydroxyl groups excluding tert-OH is 2. The molecule has 0 saturated heterocycles. The van der Waals surface area contributed by atoms with Gasteiger partial charge in [-0.05, 0) is 0 Å². The van der Waals surface area contributed by atoms with E-state index >= 15 is 0 Å². The summed E-state index contributed by atoms with van der Waals surface area (Å²) in [7, 11) is 0. The molecule has 0 amide bonds. The van der Waals surface area contributed by atoms with Crippen LogP contribution in [0.5, 0.6) is 0 Å². The van der Waals surface area contributed by atoms with E-state index in [2.05, 4.69) is 4.74 Å². The molecule has 0 heterocycles. The van der Waals surface area contributed by atoms with Gasteiger partial charge in [0, 0.05) is 0 Å². The van der Waals surface area contributed by atoms with Gasteiger partial charge in [0.25, 0.3) is 0 Å². The largest absolute Gasteiger partial charge is 0.457 e. The van der Waals surface area contributed by atoms with Crippen LogP contribution in [0.25, 0.3) is 0 Å². The number of carbonyl (C=O) groups is 3. The van der Waals surface area contributed by atoms with E-state index in [1.54, 1.807) is 0 Å².